The fourth-order valence-corrected chi connectivity index (χ4v) is 4.90. The monoisotopic (exact) mass is 486 g/mol. The Morgan fingerprint density at radius 3 is 2.65 bits per heavy atom. The summed E-state index contributed by atoms with van der Waals surface area (Å²) in [5.74, 6) is 2.87. The molecule has 0 amide bonds. The maximum Gasteiger partial charge on any atom is 0.508 e. The smallest absolute Gasteiger partial charge is 0.493 e. The molecule has 0 radical (unpaired) electrons. The number of aryl methyl sites for hydroxylation is 1. The lowest BCUT2D eigenvalue weighted by Crippen LogP contribution is -2.39. The van der Waals surface area contributed by atoms with E-state index in [1.54, 1.807) is 32.5 Å². The lowest BCUT2D eigenvalue weighted by atomic mass is 10.1. The van der Waals surface area contributed by atoms with Gasteiger partial charge in [0, 0.05) is 32.5 Å². The Hall–Kier alpha value is -3.27. The summed E-state index contributed by atoms with van der Waals surface area (Å²) in [5, 5.41) is 6.63. The zero-order chi connectivity index (χ0) is 24.1. The number of carbonyl (C=O) groups excluding carboxylic acids is 1. The summed E-state index contributed by atoms with van der Waals surface area (Å²) in [6.45, 7) is 6.13. The first kappa shape index (κ1) is 23.9. The van der Waals surface area contributed by atoms with E-state index in [0.29, 0.717) is 56.5 Å². The highest BCUT2D eigenvalue weighted by Crippen LogP contribution is 2.33. The van der Waals surface area contributed by atoms with Crippen molar-refractivity contribution in [2.45, 2.75) is 39.3 Å². The number of nitrogens with one attached hydrogen (secondary N) is 1. The predicted octanol–water partition coefficient (Wildman–Crippen LogP) is 4.77. The van der Waals surface area contributed by atoms with Gasteiger partial charge in [-0.15, -0.1) is 11.3 Å². The average molecular weight is 487 g/mol. The van der Waals surface area contributed by atoms with E-state index in [4.69, 9.17) is 28.9 Å². The van der Waals surface area contributed by atoms with Gasteiger partial charge >= 0.3 is 6.16 Å². The first-order valence-electron chi connectivity index (χ1n) is 11.3. The highest BCUT2D eigenvalue weighted by Gasteiger charge is 2.25. The number of aromatic nitrogens is 2. The zero-order valence-electron chi connectivity index (χ0n) is 19.9. The molecule has 0 spiro atoms. The summed E-state index contributed by atoms with van der Waals surface area (Å²) in [6.07, 6.45) is 0.663. The molecule has 182 valence electrons. The van der Waals surface area contributed by atoms with E-state index in [1.165, 1.54) is 0 Å². The van der Waals surface area contributed by atoms with E-state index in [2.05, 4.69) is 22.5 Å². The zero-order valence-corrected chi connectivity index (χ0v) is 20.7. The van der Waals surface area contributed by atoms with E-state index in [0.717, 1.165) is 27.2 Å². The third-order valence-corrected chi connectivity index (χ3v) is 6.75. The molecule has 2 aromatic heterocycles. The number of methoxy groups -OCH3 is 2. The van der Waals surface area contributed by atoms with E-state index < -0.39 is 6.16 Å². The van der Waals surface area contributed by atoms with Crippen LogP contribution in [-0.2, 0) is 16.0 Å². The second-order valence-electron chi connectivity index (χ2n) is 8.00. The minimum absolute atomic E-state index is 0.148. The van der Waals surface area contributed by atoms with Crippen molar-refractivity contribution in [1.82, 2.24) is 9.97 Å². The van der Waals surface area contributed by atoms with E-state index in [9.17, 15) is 4.79 Å². The number of fused-ring (bicyclic) bond motifs is 1. The van der Waals surface area contributed by atoms with Gasteiger partial charge in [-0.25, -0.2) is 9.78 Å². The van der Waals surface area contributed by atoms with Crippen LogP contribution in [0.15, 0.2) is 23.6 Å². The van der Waals surface area contributed by atoms with Crippen molar-refractivity contribution in [3.8, 4) is 11.5 Å². The average Bonchev–Trinajstić information content (AvgIpc) is 3.23. The first-order chi connectivity index (χ1) is 16.5. The van der Waals surface area contributed by atoms with Gasteiger partial charge in [0.25, 0.3) is 0 Å². The number of thiophene rings is 1. The van der Waals surface area contributed by atoms with Crippen molar-refractivity contribution in [1.29, 1.82) is 0 Å². The molecule has 0 saturated carbocycles. The van der Waals surface area contributed by atoms with E-state index >= 15 is 0 Å². The Kier molecular flexibility index (Phi) is 7.56. The third-order valence-electron chi connectivity index (χ3n) is 5.76. The molecule has 0 atom stereocenters. The van der Waals surface area contributed by atoms with Crippen LogP contribution in [0.25, 0.3) is 10.2 Å². The Bertz CT molecular complexity index is 1140. The molecule has 1 aliphatic heterocycles. The number of hydrogen-bond acceptors (Lipinski definition) is 10. The van der Waals surface area contributed by atoms with Gasteiger partial charge in [-0.1, -0.05) is 6.07 Å². The van der Waals surface area contributed by atoms with Crippen LogP contribution in [0.5, 0.6) is 11.5 Å². The number of carbonyl (C=O) groups is 1. The van der Waals surface area contributed by atoms with E-state index in [-0.39, 0.29) is 6.10 Å². The van der Waals surface area contributed by atoms with Crippen molar-refractivity contribution < 1.29 is 23.7 Å². The number of hydrogen-bond donors (Lipinski definition) is 1. The van der Waals surface area contributed by atoms with Crippen LogP contribution >= 0.6 is 11.3 Å². The molecule has 1 fully saturated rings. The number of ether oxygens (including phenoxy) is 4. The summed E-state index contributed by atoms with van der Waals surface area (Å²) in [6, 6.07) is 5.86. The molecule has 4 rings (SSSR count). The molecular formula is C24H30N4O5S. The van der Waals surface area contributed by atoms with Crippen LogP contribution in [-0.4, -0.2) is 56.1 Å². The molecule has 1 saturated heterocycles. The van der Waals surface area contributed by atoms with Crippen LogP contribution in [0.3, 0.4) is 0 Å². The summed E-state index contributed by atoms with van der Waals surface area (Å²) in [5.41, 5.74) is 2.19. The standard InChI is InChI=1S/C24H30N4O5S/c1-5-32-24(29)33-17-8-10-28(11-9-17)23-26-21(20-15(2)14-34-22(20)27-23)25-13-16-6-7-18(30-3)19(12-16)31-4/h6-7,12,14,17H,5,8-11,13H2,1-4H3,(H,25,26,27). The van der Waals surface area contributed by atoms with Crippen molar-refractivity contribution in [2.75, 3.05) is 44.1 Å². The van der Waals surface area contributed by atoms with Crippen molar-refractivity contribution in [3.05, 3.63) is 34.7 Å². The second-order valence-corrected chi connectivity index (χ2v) is 8.86. The van der Waals surface area contributed by atoms with Gasteiger partial charge < -0.3 is 29.2 Å². The van der Waals surface area contributed by atoms with Crippen molar-refractivity contribution >= 4 is 39.5 Å². The topological polar surface area (TPSA) is 95.0 Å². The number of benzene rings is 1. The summed E-state index contributed by atoms with van der Waals surface area (Å²) in [7, 11) is 3.25. The van der Waals surface area contributed by atoms with Gasteiger partial charge in [-0.2, -0.15) is 4.98 Å². The minimum atomic E-state index is -0.602. The molecule has 34 heavy (non-hydrogen) atoms. The molecular weight excluding hydrogens is 456 g/mol. The SMILES string of the molecule is CCOC(=O)OC1CCN(c2nc(NCc3ccc(OC)c(OC)c3)c3c(C)csc3n2)CC1. The van der Waals surface area contributed by atoms with Gasteiger partial charge in [-0.3, -0.25) is 0 Å². The van der Waals surface area contributed by atoms with Gasteiger partial charge in [0.15, 0.2) is 11.5 Å². The molecule has 9 nitrogen and oxygen atoms in total. The maximum atomic E-state index is 11.6. The molecule has 1 N–H and O–H groups in total. The maximum absolute atomic E-state index is 11.6. The number of nitrogens with zero attached hydrogens (tertiary/aromatic N) is 3. The number of rotatable bonds is 8. The Morgan fingerprint density at radius 2 is 1.94 bits per heavy atom. The van der Waals surface area contributed by atoms with Crippen LogP contribution in [0.4, 0.5) is 16.6 Å². The van der Waals surface area contributed by atoms with Crippen LogP contribution in [0, 0.1) is 6.92 Å². The largest absolute Gasteiger partial charge is 0.508 e. The quantitative estimate of drug-likeness (QED) is 0.452. The minimum Gasteiger partial charge on any atom is -0.493 e. The molecule has 3 heterocycles. The molecule has 3 aromatic rings. The molecule has 1 aliphatic rings. The summed E-state index contributed by atoms with van der Waals surface area (Å²) < 4.78 is 21.0. The highest BCUT2D eigenvalue weighted by atomic mass is 32.1. The van der Waals surface area contributed by atoms with Crippen LogP contribution < -0.4 is 19.7 Å². The van der Waals surface area contributed by atoms with Gasteiger partial charge in [0.05, 0.1) is 26.2 Å². The Labute approximate surface area is 203 Å². The van der Waals surface area contributed by atoms with Gasteiger partial charge in [0.2, 0.25) is 5.95 Å². The summed E-state index contributed by atoms with van der Waals surface area (Å²) in [4.78, 5) is 24.4. The molecule has 1 aromatic carbocycles. The highest BCUT2D eigenvalue weighted by molar-refractivity contribution is 7.17. The van der Waals surface area contributed by atoms with Crippen molar-refractivity contribution in [3.63, 3.8) is 0 Å². The number of anilines is 2. The predicted molar refractivity (Wildman–Crippen MR) is 132 cm³/mol. The van der Waals surface area contributed by atoms with Crippen LogP contribution in [0.2, 0.25) is 0 Å². The van der Waals surface area contributed by atoms with Crippen molar-refractivity contribution in [2.24, 2.45) is 0 Å². The fourth-order valence-electron chi connectivity index (χ4n) is 3.98. The van der Waals surface area contributed by atoms with Gasteiger partial charge in [0.1, 0.15) is 16.8 Å². The van der Waals surface area contributed by atoms with E-state index in [1.807, 2.05) is 18.2 Å². The summed E-state index contributed by atoms with van der Waals surface area (Å²) >= 11 is 1.61. The molecule has 0 unspecified atom stereocenters. The Balaban J connectivity index is 1.50. The van der Waals surface area contributed by atoms with Gasteiger partial charge in [-0.05, 0) is 42.5 Å². The lowest BCUT2D eigenvalue weighted by Gasteiger charge is -2.31. The fraction of sp³-hybridized carbons (Fsp3) is 0.458. The third kappa shape index (κ3) is 5.27. The molecule has 10 heteroatoms. The van der Waals surface area contributed by atoms with Crippen LogP contribution in [0.1, 0.15) is 30.9 Å². The molecule has 0 bridgehead atoms. The second kappa shape index (κ2) is 10.8. The Morgan fingerprint density at radius 1 is 1.18 bits per heavy atom. The first-order valence-corrected chi connectivity index (χ1v) is 12.2. The molecule has 0 aliphatic carbocycles. The number of piperidine rings is 1. The normalized spacial score (nSPS) is 14.2. The lowest BCUT2D eigenvalue weighted by molar-refractivity contribution is 0.0183.